The first-order valence-corrected chi connectivity index (χ1v) is 7.72. The summed E-state index contributed by atoms with van der Waals surface area (Å²) in [5.74, 6) is -4.84. The van der Waals surface area contributed by atoms with Crippen LogP contribution in [-0.2, 0) is 4.79 Å². The number of carbonyl (C=O) groups is 2. The number of carbonyl (C=O) groups excluding carboxylic acids is 2. The molecule has 1 aliphatic heterocycles. The summed E-state index contributed by atoms with van der Waals surface area (Å²) in [5.41, 5.74) is -0.293. The number of nitrogens with zero attached hydrogens (tertiary/aromatic N) is 4. The molecule has 2 aromatic rings. The van der Waals surface area contributed by atoms with E-state index in [1.165, 1.54) is 17.2 Å². The number of halogens is 3. The molecule has 0 bridgehead atoms. The molecule has 0 unspecified atom stereocenters. The average Bonchev–Trinajstić information content (AvgIpc) is 2.68. The van der Waals surface area contributed by atoms with Gasteiger partial charge in [0.2, 0.25) is 12.4 Å². The number of anilines is 2. The van der Waals surface area contributed by atoms with Crippen molar-refractivity contribution in [2.75, 3.05) is 31.5 Å². The van der Waals surface area contributed by atoms with Crippen molar-refractivity contribution in [2.24, 2.45) is 0 Å². The molecular weight excluding hydrogens is 351 g/mol. The van der Waals surface area contributed by atoms with E-state index >= 15 is 0 Å². The van der Waals surface area contributed by atoms with Crippen LogP contribution >= 0.6 is 0 Å². The Kier molecular flexibility index (Phi) is 5.01. The minimum absolute atomic E-state index is 0.0602. The fourth-order valence-electron chi connectivity index (χ4n) is 2.47. The second-order valence-corrected chi connectivity index (χ2v) is 5.55. The maximum Gasteiger partial charge on any atom is 0.272 e. The molecule has 2 heterocycles. The SMILES string of the molecule is O=CN1CCN(C(=O)c2ccnc(Nc3ccc(F)c(F)c3F)n2)CC1. The van der Waals surface area contributed by atoms with Gasteiger partial charge >= 0.3 is 0 Å². The van der Waals surface area contributed by atoms with Crippen molar-refractivity contribution < 1.29 is 22.8 Å². The van der Waals surface area contributed by atoms with Crippen LogP contribution in [0.2, 0.25) is 0 Å². The molecule has 7 nitrogen and oxygen atoms in total. The normalized spacial score (nSPS) is 14.3. The van der Waals surface area contributed by atoms with Crippen molar-refractivity contribution in [3.05, 3.63) is 47.5 Å². The van der Waals surface area contributed by atoms with Crippen molar-refractivity contribution >= 4 is 24.0 Å². The summed E-state index contributed by atoms with van der Waals surface area (Å²) in [5, 5.41) is 2.43. The number of amides is 2. The molecule has 1 N–H and O–H groups in total. The molecule has 10 heteroatoms. The first-order valence-electron chi connectivity index (χ1n) is 7.72. The fourth-order valence-corrected chi connectivity index (χ4v) is 2.47. The highest BCUT2D eigenvalue weighted by Gasteiger charge is 2.23. The highest BCUT2D eigenvalue weighted by atomic mass is 19.2. The van der Waals surface area contributed by atoms with Gasteiger partial charge in [-0.1, -0.05) is 0 Å². The van der Waals surface area contributed by atoms with Crippen molar-refractivity contribution in [3.8, 4) is 0 Å². The van der Waals surface area contributed by atoms with E-state index in [2.05, 4.69) is 15.3 Å². The second kappa shape index (κ2) is 7.38. The number of benzene rings is 1. The van der Waals surface area contributed by atoms with Gasteiger partial charge in [-0.3, -0.25) is 9.59 Å². The van der Waals surface area contributed by atoms with Crippen molar-refractivity contribution in [3.63, 3.8) is 0 Å². The molecule has 1 aromatic carbocycles. The fraction of sp³-hybridized carbons (Fsp3) is 0.250. The average molecular weight is 365 g/mol. The zero-order valence-electron chi connectivity index (χ0n) is 13.5. The predicted octanol–water partition coefficient (Wildman–Crippen LogP) is 1.55. The molecule has 0 radical (unpaired) electrons. The summed E-state index contributed by atoms with van der Waals surface area (Å²) in [6.45, 7) is 1.57. The van der Waals surface area contributed by atoms with Crippen LogP contribution in [0, 0.1) is 17.5 Å². The summed E-state index contributed by atoms with van der Waals surface area (Å²) in [4.78, 5) is 34.1. The molecule has 1 fully saturated rings. The van der Waals surface area contributed by atoms with Crippen LogP contribution < -0.4 is 5.32 Å². The van der Waals surface area contributed by atoms with Crippen LogP contribution in [0.1, 0.15) is 10.5 Å². The molecule has 0 saturated carbocycles. The molecule has 2 amide bonds. The van der Waals surface area contributed by atoms with Crippen molar-refractivity contribution in [1.82, 2.24) is 19.8 Å². The summed E-state index contributed by atoms with van der Waals surface area (Å²) in [7, 11) is 0. The lowest BCUT2D eigenvalue weighted by molar-refractivity contribution is -0.119. The molecule has 0 aliphatic carbocycles. The molecule has 0 spiro atoms. The number of nitrogens with one attached hydrogen (secondary N) is 1. The monoisotopic (exact) mass is 365 g/mol. The molecule has 0 atom stereocenters. The predicted molar refractivity (Wildman–Crippen MR) is 85.2 cm³/mol. The van der Waals surface area contributed by atoms with Gasteiger partial charge in [0.1, 0.15) is 5.69 Å². The first-order chi connectivity index (χ1) is 12.5. The van der Waals surface area contributed by atoms with Gasteiger partial charge in [-0.2, -0.15) is 0 Å². The Morgan fingerprint density at radius 3 is 2.50 bits per heavy atom. The number of aromatic nitrogens is 2. The number of hydrogen-bond acceptors (Lipinski definition) is 5. The van der Waals surface area contributed by atoms with Gasteiger partial charge < -0.3 is 15.1 Å². The smallest absolute Gasteiger partial charge is 0.272 e. The number of piperazine rings is 1. The van der Waals surface area contributed by atoms with E-state index in [9.17, 15) is 22.8 Å². The summed E-state index contributed by atoms with van der Waals surface area (Å²) in [6.07, 6.45) is 2.02. The Labute approximate surface area is 146 Å². The van der Waals surface area contributed by atoms with Crippen LogP contribution in [-0.4, -0.2) is 58.3 Å². The van der Waals surface area contributed by atoms with E-state index in [1.54, 1.807) is 4.90 Å². The minimum atomic E-state index is -1.62. The summed E-state index contributed by atoms with van der Waals surface area (Å²) in [6, 6.07) is 3.16. The second-order valence-electron chi connectivity index (χ2n) is 5.55. The van der Waals surface area contributed by atoms with E-state index in [4.69, 9.17) is 0 Å². The zero-order chi connectivity index (χ0) is 18.7. The molecule has 1 aliphatic rings. The topological polar surface area (TPSA) is 78.4 Å². The third-order valence-corrected chi connectivity index (χ3v) is 3.91. The van der Waals surface area contributed by atoms with Crippen LogP contribution in [0.5, 0.6) is 0 Å². The Bertz CT molecular complexity index is 841. The van der Waals surface area contributed by atoms with Crippen molar-refractivity contribution in [2.45, 2.75) is 0 Å². The lowest BCUT2D eigenvalue weighted by atomic mass is 10.2. The third-order valence-electron chi connectivity index (χ3n) is 3.91. The Balaban J connectivity index is 1.75. The van der Waals surface area contributed by atoms with E-state index in [0.29, 0.717) is 26.2 Å². The number of hydrogen-bond donors (Lipinski definition) is 1. The standard InChI is InChI=1S/C16H14F3N5O2/c17-10-1-2-11(14(19)13(10)18)21-16-20-4-3-12(22-16)15(26)24-7-5-23(9-25)6-8-24/h1-4,9H,5-8H2,(H,20,21,22). The van der Waals surface area contributed by atoms with Gasteiger partial charge in [0.25, 0.3) is 5.91 Å². The Morgan fingerprint density at radius 1 is 1.08 bits per heavy atom. The van der Waals surface area contributed by atoms with Crippen LogP contribution in [0.25, 0.3) is 0 Å². The third kappa shape index (κ3) is 3.58. The molecule has 1 saturated heterocycles. The largest absolute Gasteiger partial charge is 0.342 e. The van der Waals surface area contributed by atoms with Gasteiger partial charge in [-0.15, -0.1) is 0 Å². The quantitative estimate of drug-likeness (QED) is 0.657. The van der Waals surface area contributed by atoms with E-state index in [1.807, 2.05) is 0 Å². The van der Waals surface area contributed by atoms with Gasteiger partial charge in [0, 0.05) is 32.4 Å². The molecule has 3 rings (SSSR count). The molecular formula is C16H14F3N5O2. The zero-order valence-corrected chi connectivity index (χ0v) is 13.5. The minimum Gasteiger partial charge on any atom is -0.342 e. The Morgan fingerprint density at radius 2 is 1.81 bits per heavy atom. The maximum atomic E-state index is 13.7. The van der Waals surface area contributed by atoms with Gasteiger partial charge in [-0.25, -0.2) is 23.1 Å². The summed E-state index contributed by atoms with van der Waals surface area (Å²) < 4.78 is 40.0. The maximum absolute atomic E-state index is 13.7. The van der Waals surface area contributed by atoms with Crippen molar-refractivity contribution in [1.29, 1.82) is 0 Å². The molecule has 136 valence electrons. The van der Waals surface area contributed by atoms with Crippen LogP contribution in [0.15, 0.2) is 24.4 Å². The molecule has 1 aromatic heterocycles. The van der Waals surface area contributed by atoms with Crippen LogP contribution in [0.4, 0.5) is 24.8 Å². The first kappa shape index (κ1) is 17.6. The van der Waals surface area contributed by atoms with E-state index in [0.717, 1.165) is 18.5 Å². The lowest BCUT2D eigenvalue weighted by Gasteiger charge is -2.32. The molecule has 26 heavy (non-hydrogen) atoms. The Hall–Kier alpha value is -3.17. The van der Waals surface area contributed by atoms with Crippen LogP contribution in [0.3, 0.4) is 0 Å². The van der Waals surface area contributed by atoms with E-state index < -0.39 is 17.5 Å². The van der Waals surface area contributed by atoms with E-state index in [-0.39, 0.29) is 23.2 Å². The summed E-state index contributed by atoms with van der Waals surface area (Å²) >= 11 is 0. The number of rotatable bonds is 4. The van der Waals surface area contributed by atoms with Gasteiger partial charge in [0.15, 0.2) is 17.5 Å². The highest BCUT2D eigenvalue weighted by molar-refractivity contribution is 5.92. The highest BCUT2D eigenvalue weighted by Crippen LogP contribution is 2.22. The lowest BCUT2D eigenvalue weighted by Crippen LogP contribution is -2.48. The van der Waals surface area contributed by atoms with Gasteiger partial charge in [-0.05, 0) is 18.2 Å². The van der Waals surface area contributed by atoms with Gasteiger partial charge in [0.05, 0.1) is 5.69 Å².